The van der Waals surface area contributed by atoms with Gasteiger partial charge < -0.3 is 9.47 Å². The highest BCUT2D eigenvalue weighted by molar-refractivity contribution is 6.31. The Morgan fingerprint density at radius 1 is 1.00 bits per heavy atom. The Morgan fingerprint density at radius 2 is 1.79 bits per heavy atom. The molecular weight excluding hydrogens is 407 g/mol. The summed E-state index contributed by atoms with van der Waals surface area (Å²) in [5, 5.41) is 8.32. The van der Waals surface area contributed by atoms with Gasteiger partial charge in [-0.1, -0.05) is 35.3 Å². The molecule has 5 rings (SSSR count). The number of rotatable bonds is 3. The molecule has 2 unspecified atom stereocenters. The molecule has 29 heavy (non-hydrogen) atoms. The minimum absolute atomic E-state index is 0.0403. The lowest BCUT2D eigenvalue weighted by atomic mass is 9.96. The van der Waals surface area contributed by atoms with Crippen LogP contribution < -0.4 is 9.47 Å². The highest BCUT2D eigenvalue weighted by Gasteiger charge is 2.41. The average molecular weight is 425 g/mol. The Bertz CT molecular complexity index is 1100. The van der Waals surface area contributed by atoms with E-state index in [2.05, 4.69) is 0 Å². The second-order valence-electron chi connectivity index (χ2n) is 7.08. The molecule has 2 heterocycles. The first-order valence-corrected chi connectivity index (χ1v) is 10.1. The van der Waals surface area contributed by atoms with Gasteiger partial charge in [0, 0.05) is 27.6 Å². The van der Waals surface area contributed by atoms with Crippen molar-refractivity contribution >= 4 is 28.9 Å². The zero-order chi connectivity index (χ0) is 20.0. The van der Waals surface area contributed by atoms with Crippen LogP contribution >= 0.6 is 23.2 Å². The molecule has 0 aromatic heterocycles. The van der Waals surface area contributed by atoms with Gasteiger partial charge in [0.2, 0.25) is 6.23 Å². The van der Waals surface area contributed by atoms with Crippen molar-refractivity contribution in [3.05, 3.63) is 93.5 Å². The monoisotopic (exact) mass is 424 g/mol. The van der Waals surface area contributed by atoms with Crippen molar-refractivity contribution in [1.29, 1.82) is 0 Å². The number of fused-ring (bicyclic) bond motifs is 3. The molecule has 2 atom stereocenters. The molecule has 0 N–H and O–H groups in total. The predicted molar refractivity (Wildman–Crippen MR) is 115 cm³/mol. The van der Waals surface area contributed by atoms with Crippen molar-refractivity contribution in [2.75, 3.05) is 7.11 Å². The third kappa shape index (κ3) is 3.33. The van der Waals surface area contributed by atoms with Gasteiger partial charge in [-0.3, -0.25) is 0 Å². The maximum Gasteiger partial charge on any atom is 0.213 e. The van der Waals surface area contributed by atoms with Crippen LogP contribution in [-0.4, -0.2) is 17.8 Å². The second kappa shape index (κ2) is 7.29. The molecule has 146 valence electrons. The van der Waals surface area contributed by atoms with Crippen molar-refractivity contribution in [1.82, 2.24) is 5.01 Å². The Morgan fingerprint density at radius 3 is 2.55 bits per heavy atom. The molecule has 0 amide bonds. The number of halogens is 2. The van der Waals surface area contributed by atoms with Crippen molar-refractivity contribution in [3.63, 3.8) is 0 Å². The number of ether oxygens (including phenoxy) is 2. The fraction of sp³-hybridized carbons (Fsp3) is 0.174. The summed E-state index contributed by atoms with van der Waals surface area (Å²) >= 11 is 12.5. The molecule has 0 radical (unpaired) electrons. The average Bonchev–Trinajstić information content (AvgIpc) is 3.19. The van der Waals surface area contributed by atoms with E-state index < -0.39 is 0 Å². The van der Waals surface area contributed by atoms with Crippen LogP contribution in [0.15, 0.2) is 71.8 Å². The van der Waals surface area contributed by atoms with Crippen LogP contribution in [0, 0.1) is 0 Å². The lowest BCUT2D eigenvalue weighted by Crippen LogP contribution is -2.33. The summed E-state index contributed by atoms with van der Waals surface area (Å²) in [6.07, 6.45) is 0.406. The molecule has 0 saturated carbocycles. The number of hydrazone groups is 1. The largest absolute Gasteiger partial charge is 0.497 e. The van der Waals surface area contributed by atoms with E-state index in [4.69, 9.17) is 37.8 Å². The van der Waals surface area contributed by atoms with Crippen molar-refractivity contribution in [2.24, 2.45) is 5.10 Å². The van der Waals surface area contributed by atoms with Gasteiger partial charge in [-0.25, -0.2) is 5.01 Å². The maximum absolute atomic E-state index is 6.34. The van der Waals surface area contributed by atoms with Crippen LogP contribution in [0.5, 0.6) is 11.5 Å². The van der Waals surface area contributed by atoms with Gasteiger partial charge >= 0.3 is 0 Å². The third-order valence-electron chi connectivity index (χ3n) is 5.31. The normalized spacial score (nSPS) is 19.8. The molecule has 0 bridgehead atoms. The van der Waals surface area contributed by atoms with Crippen molar-refractivity contribution in [2.45, 2.75) is 18.7 Å². The van der Waals surface area contributed by atoms with Gasteiger partial charge in [0.05, 0.1) is 18.9 Å². The molecule has 6 heteroatoms. The molecule has 0 aliphatic carbocycles. The van der Waals surface area contributed by atoms with Gasteiger partial charge in [0.15, 0.2) is 0 Å². The highest BCUT2D eigenvalue weighted by atomic mass is 35.5. The van der Waals surface area contributed by atoms with E-state index in [-0.39, 0.29) is 12.3 Å². The van der Waals surface area contributed by atoms with E-state index in [0.717, 1.165) is 40.3 Å². The molecule has 3 aromatic rings. The van der Waals surface area contributed by atoms with Crippen LogP contribution in [0.25, 0.3) is 0 Å². The number of hydrogen-bond donors (Lipinski definition) is 0. The van der Waals surface area contributed by atoms with Gasteiger partial charge in [-0.2, -0.15) is 5.10 Å². The molecular formula is C23H18Cl2N2O2. The predicted octanol–water partition coefficient (Wildman–Crippen LogP) is 6.24. The number of hydrogen-bond acceptors (Lipinski definition) is 4. The summed E-state index contributed by atoms with van der Waals surface area (Å²) in [6.45, 7) is 0. The summed E-state index contributed by atoms with van der Waals surface area (Å²) in [5.74, 6) is 1.65. The standard InChI is InChI=1S/C23H18Cl2N2O2/c1-28-18-8-5-14(6-9-18)20-13-21-19-12-17(25)7-10-22(19)29-23(27(21)26-20)15-3-2-4-16(24)11-15/h2-12,21,23H,13H2,1H3. The Balaban J connectivity index is 1.58. The smallest absolute Gasteiger partial charge is 0.213 e. The quantitative estimate of drug-likeness (QED) is 0.498. The van der Waals surface area contributed by atoms with Gasteiger partial charge in [0.25, 0.3) is 0 Å². The zero-order valence-corrected chi connectivity index (χ0v) is 17.2. The first-order valence-electron chi connectivity index (χ1n) is 9.34. The van der Waals surface area contributed by atoms with Gasteiger partial charge in [-0.15, -0.1) is 0 Å². The van der Waals surface area contributed by atoms with Crippen LogP contribution in [0.2, 0.25) is 10.0 Å². The first-order chi connectivity index (χ1) is 14.1. The lowest BCUT2D eigenvalue weighted by molar-refractivity contribution is -0.0190. The fourth-order valence-corrected chi connectivity index (χ4v) is 4.28. The third-order valence-corrected chi connectivity index (χ3v) is 5.78. The Kier molecular flexibility index (Phi) is 4.61. The summed E-state index contributed by atoms with van der Waals surface area (Å²) in [6, 6.07) is 21.5. The van der Waals surface area contributed by atoms with Gasteiger partial charge in [-0.05, 0) is 60.2 Å². The molecule has 4 nitrogen and oxygen atoms in total. The molecule has 0 saturated heterocycles. The number of nitrogens with zero attached hydrogens (tertiary/aromatic N) is 2. The molecule has 0 spiro atoms. The Labute approximate surface area is 179 Å². The van der Waals surface area contributed by atoms with Crippen LogP contribution in [0.4, 0.5) is 0 Å². The van der Waals surface area contributed by atoms with Crippen LogP contribution in [-0.2, 0) is 0 Å². The zero-order valence-electron chi connectivity index (χ0n) is 15.7. The summed E-state index contributed by atoms with van der Waals surface area (Å²) in [4.78, 5) is 0. The van der Waals surface area contributed by atoms with E-state index >= 15 is 0 Å². The van der Waals surface area contributed by atoms with Crippen molar-refractivity contribution < 1.29 is 9.47 Å². The highest BCUT2D eigenvalue weighted by Crippen LogP contribution is 2.48. The van der Waals surface area contributed by atoms with Crippen molar-refractivity contribution in [3.8, 4) is 11.5 Å². The summed E-state index contributed by atoms with van der Waals surface area (Å²) < 4.78 is 11.6. The Hall–Kier alpha value is -2.69. The summed E-state index contributed by atoms with van der Waals surface area (Å²) in [5.41, 5.74) is 4.07. The molecule has 0 fully saturated rings. The van der Waals surface area contributed by atoms with E-state index in [0.29, 0.717) is 10.0 Å². The molecule has 2 aliphatic rings. The van der Waals surface area contributed by atoms with E-state index in [1.165, 1.54) is 0 Å². The lowest BCUT2D eigenvalue weighted by Gasteiger charge is -2.38. The van der Waals surface area contributed by atoms with E-state index in [1.54, 1.807) is 7.11 Å². The fourth-order valence-electron chi connectivity index (χ4n) is 3.90. The molecule has 2 aliphatic heterocycles. The SMILES string of the molecule is COc1ccc(C2=NN3C(C2)c2cc(Cl)ccc2OC3c2cccc(Cl)c2)cc1. The number of methoxy groups -OCH3 is 1. The minimum atomic E-state index is -0.358. The maximum atomic E-state index is 6.34. The van der Waals surface area contributed by atoms with E-state index in [1.807, 2.05) is 71.7 Å². The van der Waals surface area contributed by atoms with E-state index in [9.17, 15) is 0 Å². The topological polar surface area (TPSA) is 34.1 Å². The van der Waals surface area contributed by atoms with Crippen LogP contribution in [0.1, 0.15) is 35.4 Å². The number of benzene rings is 3. The first kappa shape index (κ1) is 18.3. The molecule has 3 aromatic carbocycles. The minimum Gasteiger partial charge on any atom is -0.497 e. The second-order valence-corrected chi connectivity index (χ2v) is 7.96. The van der Waals surface area contributed by atoms with Gasteiger partial charge in [0.1, 0.15) is 11.5 Å². The summed E-state index contributed by atoms with van der Waals surface area (Å²) in [7, 11) is 1.66. The van der Waals surface area contributed by atoms with Crippen LogP contribution in [0.3, 0.4) is 0 Å².